The Hall–Kier alpha value is -0.840. The minimum atomic E-state index is 0.699. The van der Waals surface area contributed by atoms with Crippen LogP contribution >= 0.6 is 27.3 Å². The van der Waals surface area contributed by atoms with Crippen LogP contribution < -0.4 is 10.1 Å². The van der Waals surface area contributed by atoms with E-state index in [1.165, 1.54) is 11.1 Å². The van der Waals surface area contributed by atoms with E-state index in [1.54, 1.807) is 11.3 Å². The number of hydrogen-bond donors (Lipinski definition) is 1. The molecule has 102 valence electrons. The van der Waals surface area contributed by atoms with Gasteiger partial charge in [0, 0.05) is 11.0 Å². The van der Waals surface area contributed by atoms with Crippen molar-refractivity contribution in [3.8, 4) is 5.75 Å². The van der Waals surface area contributed by atoms with Crippen molar-refractivity contribution in [1.29, 1.82) is 0 Å². The molecule has 0 fully saturated rings. The molecule has 1 N–H and O–H groups in total. The van der Waals surface area contributed by atoms with Crippen molar-refractivity contribution >= 4 is 27.3 Å². The van der Waals surface area contributed by atoms with Gasteiger partial charge in [-0.2, -0.15) is 11.3 Å². The van der Waals surface area contributed by atoms with Gasteiger partial charge in [-0.1, -0.05) is 15.9 Å². The Morgan fingerprint density at radius 2 is 2.16 bits per heavy atom. The number of hydrogen-bond acceptors (Lipinski definition) is 3. The summed E-state index contributed by atoms with van der Waals surface area (Å²) in [6.45, 7) is 4.64. The highest BCUT2D eigenvalue weighted by molar-refractivity contribution is 9.10. The molecule has 4 heteroatoms. The van der Waals surface area contributed by atoms with E-state index in [9.17, 15) is 0 Å². The first-order valence-electron chi connectivity index (χ1n) is 6.36. The molecule has 0 spiro atoms. The molecular weight excluding hydrogens is 322 g/mol. The summed E-state index contributed by atoms with van der Waals surface area (Å²) in [4.78, 5) is 0. The van der Waals surface area contributed by atoms with Gasteiger partial charge >= 0.3 is 0 Å². The third-order valence-electron chi connectivity index (χ3n) is 2.85. The van der Waals surface area contributed by atoms with E-state index in [-0.39, 0.29) is 0 Å². The maximum absolute atomic E-state index is 5.70. The van der Waals surface area contributed by atoms with Crippen LogP contribution in [0.3, 0.4) is 0 Å². The molecule has 0 aliphatic heterocycles. The fourth-order valence-electron chi connectivity index (χ4n) is 1.74. The lowest BCUT2D eigenvalue weighted by Crippen LogP contribution is -2.23. The van der Waals surface area contributed by atoms with E-state index in [2.05, 4.69) is 51.1 Å². The number of thiophene rings is 1. The van der Waals surface area contributed by atoms with Crippen LogP contribution in [0.1, 0.15) is 11.1 Å². The third-order valence-corrected chi connectivity index (χ3v) is 4.47. The number of halogens is 1. The van der Waals surface area contributed by atoms with Crippen LogP contribution in [0.5, 0.6) is 5.75 Å². The molecule has 0 radical (unpaired) electrons. The molecule has 0 saturated heterocycles. The van der Waals surface area contributed by atoms with E-state index in [0.717, 1.165) is 29.7 Å². The van der Waals surface area contributed by atoms with Crippen molar-refractivity contribution in [2.75, 3.05) is 19.7 Å². The van der Waals surface area contributed by atoms with Gasteiger partial charge in [0.1, 0.15) is 12.4 Å². The van der Waals surface area contributed by atoms with Crippen molar-refractivity contribution in [3.63, 3.8) is 0 Å². The molecule has 19 heavy (non-hydrogen) atoms. The molecular formula is C15H18BrNOS. The highest BCUT2D eigenvalue weighted by atomic mass is 79.9. The summed E-state index contributed by atoms with van der Waals surface area (Å²) in [5.74, 6) is 0.931. The number of rotatable bonds is 7. The van der Waals surface area contributed by atoms with E-state index in [1.807, 2.05) is 12.1 Å². The van der Waals surface area contributed by atoms with Crippen LogP contribution in [0.4, 0.5) is 0 Å². The van der Waals surface area contributed by atoms with Gasteiger partial charge < -0.3 is 10.1 Å². The topological polar surface area (TPSA) is 21.3 Å². The van der Waals surface area contributed by atoms with Crippen LogP contribution in [0.2, 0.25) is 0 Å². The SMILES string of the molecule is Cc1cc(OCCNCCc2ccsc2)ccc1Br. The zero-order chi connectivity index (χ0) is 13.5. The van der Waals surface area contributed by atoms with Crippen LogP contribution in [-0.4, -0.2) is 19.7 Å². The summed E-state index contributed by atoms with van der Waals surface area (Å²) >= 11 is 5.23. The Labute approximate surface area is 126 Å². The normalized spacial score (nSPS) is 10.6. The smallest absolute Gasteiger partial charge is 0.119 e. The van der Waals surface area contributed by atoms with Gasteiger partial charge in [0.15, 0.2) is 0 Å². The second-order valence-electron chi connectivity index (χ2n) is 4.39. The predicted octanol–water partition coefficient (Wildman–Crippen LogP) is 4.03. The number of aryl methyl sites for hydroxylation is 1. The minimum Gasteiger partial charge on any atom is -0.492 e. The first-order valence-corrected chi connectivity index (χ1v) is 8.10. The second kappa shape index (κ2) is 7.68. The van der Waals surface area contributed by atoms with Crippen LogP contribution in [0.25, 0.3) is 0 Å². The zero-order valence-electron chi connectivity index (χ0n) is 11.0. The van der Waals surface area contributed by atoms with Crippen molar-refractivity contribution in [1.82, 2.24) is 5.32 Å². The zero-order valence-corrected chi connectivity index (χ0v) is 13.4. The number of nitrogens with one attached hydrogen (secondary N) is 1. The molecule has 0 bridgehead atoms. The highest BCUT2D eigenvalue weighted by Crippen LogP contribution is 2.21. The molecule has 0 atom stereocenters. The molecule has 1 aromatic carbocycles. The maximum atomic E-state index is 5.70. The molecule has 0 unspecified atom stereocenters. The van der Waals surface area contributed by atoms with Crippen molar-refractivity contribution < 1.29 is 4.74 Å². The van der Waals surface area contributed by atoms with Crippen molar-refractivity contribution in [3.05, 3.63) is 50.6 Å². The summed E-state index contributed by atoms with van der Waals surface area (Å²) in [7, 11) is 0. The monoisotopic (exact) mass is 339 g/mol. The Balaban J connectivity index is 1.60. The predicted molar refractivity (Wildman–Crippen MR) is 85.3 cm³/mol. The fourth-order valence-corrected chi connectivity index (χ4v) is 2.69. The average Bonchev–Trinajstić information content (AvgIpc) is 2.91. The first-order chi connectivity index (χ1) is 9.25. The second-order valence-corrected chi connectivity index (χ2v) is 6.03. The van der Waals surface area contributed by atoms with E-state index >= 15 is 0 Å². The summed E-state index contributed by atoms with van der Waals surface area (Å²) < 4.78 is 6.82. The quantitative estimate of drug-likeness (QED) is 0.769. The Morgan fingerprint density at radius 3 is 2.89 bits per heavy atom. The maximum Gasteiger partial charge on any atom is 0.119 e. The van der Waals surface area contributed by atoms with Crippen molar-refractivity contribution in [2.45, 2.75) is 13.3 Å². The first kappa shape index (κ1) is 14.6. The molecule has 2 aromatic rings. The van der Waals surface area contributed by atoms with Gasteiger partial charge in [-0.3, -0.25) is 0 Å². The highest BCUT2D eigenvalue weighted by Gasteiger charge is 1.98. The molecule has 2 rings (SSSR count). The summed E-state index contributed by atoms with van der Waals surface area (Å²) in [5.41, 5.74) is 2.60. The van der Waals surface area contributed by atoms with E-state index in [4.69, 9.17) is 4.74 Å². The Morgan fingerprint density at radius 1 is 1.26 bits per heavy atom. The Kier molecular flexibility index (Phi) is 5.89. The summed E-state index contributed by atoms with van der Waals surface area (Å²) in [6.07, 6.45) is 1.08. The molecule has 0 aliphatic rings. The number of ether oxygens (including phenoxy) is 1. The Bertz CT molecular complexity index is 499. The summed E-state index contributed by atoms with van der Waals surface area (Å²) in [6, 6.07) is 8.24. The lowest BCUT2D eigenvalue weighted by Gasteiger charge is -2.08. The molecule has 0 saturated carbocycles. The largest absolute Gasteiger partial charge is 0.492 e. The van der Waals surface area contributed by atoms with Gasteiger partial charge in [0.05, 0.1) is 0 Å². The molecule has 1 aromatic heterocycles. The fraction of sp³-hybridized carbons (Fsp3) is 0.333. The van der Waals surface area contributed by atoms with Gasteiger partial charge in [0.2, 0.25) is 0 Å². The number of benzene rings is 1. The molecule has 0 aliphatic carbocycles. The summed E-state index contributed by atoms with van der Waals surface area (Å²) in [5, 5.41) is 7.71. The van der Waals surface area contributed by atoms with Crippen LogP contribution in [0, 0.1) is 6.92 Å². The van der Waals surface area contributed by atoms with Gasteiger partial charge in [-0.15, -0.1) is 0 Å². The molecule has 0 amide bonds. The minimum absolute atomic E-state index is 0.699. The van der Waals surface area contributed by atoms with Gasteiger partial charge in [0.25, 0.3) is 0 Å². The van der Waals surface area contributed by atoms with E-state index in [0.29, 0.717) is 6.61 Å². The van der Waals surface area contributed by atoms with Crippen LogP contribution in [-0.2, 0) is 6.42 Å². The van der Waals surface area contributed by atoms with Crippen molar-refractivity contribution in [2.24, 2.45) is 0 Å². The van der Waals surface area contributed by atoms with Crippen LogP contribution in [0.15, 0.2) is 39.5 Å². The van der Waals surface area contributed by atoms with Gasteiger partial charge in [-0.05, 0) is 66.0 Å². The molecule has 1 heterocycles. The lowest BCUT2D eigenvalue weighted by molar-refractivity contribution is 0.314. The molecule has 2 nitrogen and oxygen atoms in total. The van der Waals surface area contributed by atoms with E-state index < -0.39 is 0 Å². The third kappa shape index (κ3) is 4.97. The lowest BCUT2D eigenvalue weighted by atomic mass is 10.2. The van der Waals surface area contributed by atoms with Gasteiger partial charge in [-0.25, -0.2) is 0 Å². The standard InChI is InChI=1S/C15H18BrNOS/c1-12-10-14(2-3-15(12)16)18-8-7-17-6-4-13-5-9-19-11-13/h2-3,5,9-11,17H,4,6-8H2,1H3. The average molecular weight is 340 g/mol.